The minimum atomic E-state index is -4.17. The molecule has 0 saturated carbocycles. The SMILES string of the molecule is CCCNC(=O)C(C)N(Cc1ccc(F)cc1)C(=O)CN(c1ccc(C)cc1)S(=O)(=O)c1ccc(Cl)cc1. The van der Waals surface area contributed by atoms with Crippen molar-refractivity contribution in [1.82, 2.24) is 10.2 Å². The quantitative estimate of drug-likeness (QED) is 0.361. The van der Waals surface area contributed by atoms with Gasteiger partial charge in [-0.15, -0.1) is 0 Å². The normalized spacial score (nSPS) is 12.0. The monoisotopic (exact) mass is 559 g/mol. The highest BCUT2D eigenvalue weighted by atomic mass is 35.5. The van der Waals surface area contributed by atoms with Crippen molar-refractivity contribution in [3.8, 4) is 0 Å². The van der Waals surface area contributed by atoms with E-state index < -0.39 is 34.3 Å². The number of halogens is 2. The Labute approximate surface area is 228 Å². The number of nitrogens with zero attached hydrogens (tertiary/aromatic N) is 2. The zero-order valence-corrected chi connectivity index (χ0v) is 23.1. The molecule has 0 aliphatic heterocycles. The van der Waals surface area contributed by atoms with Crippen molar-refractivity contribution in [3.63, 3.8) is 0 Å². The number of hydrogen-bond donors (Lipinski definition) is 1. The molecule has 3 rings (SSSR count). The van der Waals surface area contributed by atoms with E-state index in [1.165, 1.54) is 53.4 Å². The number of amides is 2. The lowest BCUT2D eigenvalue weighted by atomic mass is 10.1. The molecule has 7 nitrogen and oxygen atoms in total. The molecule has 0 spiro atoms. The van der Waals surface area contributed by atoms with Gasteiger partial charge in [-0.05, 0) is 74.4 Å². The average Bonchev–Trinajstić information content (AvgIpc) is 2.90. The van der Waals surface area contributed by atoms with E-state index in [1.54, 1.807) is 31.2 Å². The summed E-state index contributed by atoms with van der Waals surface area (Å²) in [5, 5.41) is 3.15. The van der Waals surface area contributed by atoms with E-state index in [9.17, 15) is 22.4 Å². The van der Waals surface area contributed by atoms with Crippen LogP contribution in [0.5, 0.6) is 0 Å². The Balaban J connectivity index is 2.00. The molecule has 0 aliphatic rings. The van der Waals surface area contributed by atoms with Gasteiger partial charge in [0.05, 0.1) is 10.6 Å². The van der Waals surface area contributed by atoms with Gasteiger partial charge in [0.25, 0.3) is 10.0 Å². The number of anilines is 1. The third-order valence-corrected chi connectivity index (χ3v) is 8.03. The zero-order valence-electron chi connectivity index (χ0n) is 21.5. The van der Waals surface area contributed by atoms with Crippen LogP contribution in [0, 0.1) is 12.7 Å². The molecule has 0 heterocycles. The average molecular weight is 560 g/mol. The van der Waals surface area contributed by atoms with Crippen LogP contribution in [0.2, 0.25) is 5.02 Å². The Morgan fingerprint density at radius 2 is 1.58 bits per heavy atom. The minimum absolute atomic E-state index is 0.0114. The smallest absolute Gasteiger partial charge is 0.264 e. The van der Waals surface area contributed by atoms with Crippen LogP contribution < -0.4 is 9.62 Å². The van der Waals surface area contributed by atoms with Crippen LogP contribution in [0.3, 0.4) is 0 Å². The number of hydrogen-bond acceptors (Lipinski definition) is 4. The maximum Gasteiger partial charge on any atom is 0.264 e. The molecule has 0 fully saturated rings. The van der Waals surface area contributed by atoms with Crippen molar-refractivity contribution >= 4 is 39.1 Å². The van der Waals surface area contributed by atoms with Gasteiger partial charge in [0.2, 0.25) is 11.8 Å². The van der Waals surface area contributed by atoms with Crippen LogP contribution in [-0.4, -0.2) is 44.3 Å². The molecule has 2 amide bonds. The van der Waals surface area contributed by atoms with Gasteiger partial charge in [0.1, 0.15) is 18.4 Å². The third-order valence-electron chi connectivity index (χ3n) is 5.99. The van der Waals surface area contributed by atoms with Gasteiger partial charge >= 0.3 is 0 Å². The summed E-state index contributed by atoms with van der Waals surface area (Å²) >= 11 is 5.96. The van der Waals surface area contributed by atoms with Gasteiger partial charge in [-0.3, -0.25) is 13.9 Å². The lowest BCUT2D eigenvalue weighted by molar-refractivity contribution is -0.139. The second-order valence-electron chi connectivity index (χ2n) is 8.92. The van der Waals surface area contributed by atoms with E-state index in [-0.39, 0.29) is 17.3 Å². The van der Waals surface area contributed by atoms with Crippen LogP contribution >= 0.6 is 11.6 Å². The van der Waals surface area contributed by atoms with Gasteiger partial charge in [0, 0.05) is 18.1 Å². The molecule has 0 aromatic heterocycles. The lowest BCUT2D eigenvalue weighted by Gasteiger charge is -2.32. The lowest BCUT2D eigenvalue weighted by Crippen LogP contribution is -2.51. The third kappa shape index (κ3) is 7.33. The van der Waals surface area contributed by atoms with Crippen molar-refractivity contribution in [2.45, 2.75) is 44.7 Å². The molecule has 202 valence electrons. The number of benzene rings is 3. The number of carbonyl (C=O) groups excluding carboxylic acids is 2. The fourth-order valence-corrected chi connectivity index (χ4v) is 5.28. The van der Waals surface area contributed by atoms with Crippen molar-refractivity contribution < 1.29 is 22.4 Å². The molecule has 0 radical (unpaired) electrons. The first-order valence-electron chi connectivity index (χ1n) is 12.2. The number of sulfonamides is 1. The molecule has 1 N–H and O–H groups in total. The summed E-state index contributed by atoms with van der Waals surface area (Å²) in [6, 6.07) is 17.1. The Kier molecular flexibility index (Phi) is 9.88. The van der Waals surface area contributed by atoms with Crippen LogP contribution in [0.25, 0.3) is 0 Å². The second-order valence-corrected chi connectivity index (χ2v) is 11.2. The summed E-state index contributed by atoms with van der Waals surface area (Å²) in [6.45, 7) is 5.23. The van der Waals surface area contributed by atoms with Crippen molar-refractivity contribution in [2.24, 2.45) is 0 Å². The van der Waals surface area contributed by atoms with Crippen LogP contribution in [0.1, 0.15) is 31.4 Å². The van der Waals surface area contributed by atoms with Gasteiger partial charge < -0.3 is 10.2 Å². The highest BCUT2D eigenvalue weighted by Gasteiger charge is 2.32. The molecule has 38 heavy (non-hydrogen) atoms. The molecule has 0 bridgehead atoms. The maximum absolute atomic E-state index is 13.8. The van der Waals surface area contributed by atoms with Gasteiger partial charge in [-0.1, -0.05) is 48.4 Å². The molecule has 0 aliphatic carbocycles. The highest BCUT2D eigenvalue weighted by molar-refractivity contribution is 7.92. The summed E-state index contributed by atoms with van der Waals surface area (Å²) in [7, 11) is -4.17. The molecule has 0 saturated heterocycles. The minimum Gasteiger partial charge on any atom is -0.354 e. The van der Waals surface area contributed by atoms with E-state index in [4.69, 9.17) is 11.6 Å². The van der Waals surface area contributed by atoms with Gasteiger partial charge in [0.15, 0.2) is 0 Å². The number of rotatable bonds is 11. The predicted octanol–water partition coefficient (Wildman–Crippen LogP) is 4.93. The van der Waals surface area contributed by atoms with Crippen LogP contribution in [-0.2, 0) is 26.2 Å². The molecule has 1 atom stereocenters. The summed E-state index contributed by atoms with van der Waals surface area (Å²) in [5.41, 5.74) is 1.81. The Bertz CT molecular complexity index is 1350. The largest absolute Gasteiger partial charge is 0.354 e. The zero-order chi connectivity index (χ0) is 27.9. The van der Waals surface area contributed by atoms with Crippen molar-refractivity contribution in [2.75, 3.05) is 17.4 Å². The van der Waals surface area contributed by atoms with Gasteiger partial charge in [-0.2, -0.15) is 0 Å². The first-order chi connectivity index (χ1) is 18.0. The van der Waals surface area contributed by atoms with Gasteiger partial charge in [-0.25, -0.2) is 12.8 Å². The topological polar surface area (TPSA) is 86.8 Å². The highest BCUT2D eigenvalue weighted by Crippen LogP contribution is 2.26. The molecule has 1 unspecified atom stereocenters. The molecular formula is C28H31ClFN3O4S. The fourth-order valence-electron chi connectivity index (χ4n) is 3.74. The van der Waals surface area contributed by atoms with E-state index >= 15 is 0 Å². The number of carbonyl (C=O) groups is 2. The molecule has 10 heteroatoms. The van der Waals surface area contributed by atoms with Crippen LogP contribution in [0.15, 0.2) is 77.7 Å². The van der Waals surface area contributed by atoms with E-state index in [0.717, 1.165) is 9.87 Å². The number of nitrogens with one attached hydrogen (secondary N) is 1. The Morgan fingerprint density at radius 1 is 0.974 bits per heavy atom. The summed E-state index contributed by atoms with van der Waals surface area (Å²) in [5.74, 6) is -1.39. The maximum atomic E-state index is 13.8. The summed E-state index contributed by atoms with van der Waals surface area (Å²) in [4.78, 5) is 27.9. The fraction of sp³-hybridized carbons (Fsp3) is 0.286. The molecule has 3 aromatic rings. The predicted molar refractivity (Wildman–Crippen MR) is 147 cm³/mol. The van der Waals surface area contributed by atoms with E-state index in [0.29, 0.717) is 29.2 Å². The van der Waals surface area contributed by atoms with E-state index in [1.807, 2.05) is 13.8 Å². The van der Waals surface area contributed by atoms with Crippen molar-refractivity contribution in [3.05, 3.63) is 94.8 Å². The number of aryl methyl sites for hydroxylation is 1. The molecule has 3 aromatic carbocycles. The first-order valence-corrected chi connectivity index (χ1v) is 14.0. The second kappa shape index (κ2) is 12.9. The van der Waals surface area contributed by atoms with Crippen molar-refractivity contribution in [1.29, 1.82) is 0 Å². The first kappa shape index (κ1) is 29.1. The Morgan fingerprint density at radius 3 is 2.16 bits per heavy atom. The summed E-state index contributed by atoms with van der Waals surface area (Å²) in [6.07, 6.45) is 0.713. The Hall–Kier alpha value is -3.43. The standard InChI is InChI=1S/C28H31ClFN3O4S/c1-4-17-31-28(35)21(3)32(18-22-7-11-24(30)12-8-22)27(34)19-33(25-13-5-20(2)6-14-25)38(36,37)26-15-9-23(29)10-16-26/h5-16,21H,4,17-19H2,1-3H3,(H,31,35). The van der Waals surface area contributed by atoms with Crippen LogP contribution in [0.4, 0.5) is 10.1 Å². The molecular weight excluding hydrogens is 529 g/mol. The van der Waals surface area contributed by atoms with E-state index in [2.05, 4.69) is 5.32 Å². The summed E-state index contributed by atoms with van der Waals surface area (Å²) < 4.78 is 41.9.